The minimum atomic E-state index is 0.103. The van der Waals surface area contributed by atoms with Crippen LogP contribution < -0.4 is 16.0 Å². The lowest BCUT2D eigenvalue weighted by Crippen LogP contribution is -2.46. The van der Waals surface area contributed by atoms with Gasteiger partial charge in [-0.3, -0.25) is 0 Å². The summed E-state index contributed by atoms with van der Waals surface area (Å²) < 4.78 is 0. The number of nitrogen functional groups attached to an aromatic ring is 1. The Morgan fingerprint density at radius 3 is 2.37 bits per heavy atom. The van der Waals surface area contributed by atoms with E-state index in [4.69, 9.17) is 5.73 Å². The average molecular weight is 260 g/mol. The van der Waals surface area contributed by atoms with Gasteiger partial charge in [0.05, 0.1) is 0 Å². The highest BCUT2D eigenvalue weighted by molar-refractivity contribution is 5.76. The van der Waals surface area contributed by atoms with E-state index in [1.165, 1.54) is 5.69 Å². The number of hydrogen-bond donors (Lipinski definition) is 2. The van der Waals surface area contributed by atoms with E-state index in [1.54, 1.807) is 0 Å². The number of nitrogens with zero attached hydrogens (tertiary/aromatic N) is 2. The van der Waals surface area contributed by atoms with Gasteiger partial charge >= 0.3 is 6.03 Å². The van der Waals surface area contributed by atoms with Crippen molar-refractivity contribution in [3.63, 3.8) is 0 Å². The first-order valence-electron chi connectivity index (χ1n) is 6.89. The fraction of sp³-hybridized carbons (Fsp3) is 0.500. The molecular weight excluding hydrogens is 240 g/mol. The number of benzene rings is 1. The number of rotatable bonds is 2. The highest BCUT2D eigenvalue weighted by Gasteiger charge is 2.30. The van der Waals surface area contributed by atoms with Crippen molar-refractivity contribution in [1.82, 2.24) is 10.2 Å². The van der Waals surface area contributed by atoms with Crippen LogP contribution in [0, 0.1) is 0 Å². The van der Waals surface area contributed by atoms with Crippen LogP contribution in [0.4, 0.5) is 16.2 Å². The Bertz CT molecular complexity index is 451. The molecule has 0 atom stereocenters. The van der Waals surface area contributed by atoms with Gasteiger partial charge in [0, 0.05) is 43.6 Å². The predicted octanol–water partition coefficient (Wildman–Crippen LogP) is 1.26. The van der Waals surface area contributed by atoms with Crippen LogP contribution in [0.3, 0.4) is 0 Å². The zero-order valence-electron chi connectivity index (χ0n) is 11.0. The zero-order chi connectivity index (χ0) is 13.2. The van der Waals surface area contributed by atoms with Gasteiger partial charge in [0.2, 0.25) is 0 Å². The Kier molecular flexibility index (Phi) is 3.19. The first-order chi connectivity index (χ1) is 9.24. The third-order valence-corrected chi connectivity index (χ3v) is 4.05. The summed E-state index contributed by atoms with van der Waals surface area (Å²) in [5.74, 6) is 0. The minimum absolute atomic E-state index is 0.103. The number of carbonyl (C=O) groups is 1. The number of nitrogens with one attached hydrogen (secondary N) is 1. The van der Waals surface area contributed by atoms with Crippen molar-refractivity contribution in [2.75, 3.05) is 36.8 Å². The van der Waals surface area contributed by atoms with Gasteiger partial charge in [-0.15, -0.1) is 0 Å². The monoisotopic (exact) mass is 260 g/mol. The second-order valence-corrected chi connectivity index (χ2v) is 5.24. The van der Waals surface area contributed by atoms with Gasteiger partial charge in [-0.05, 0) is 37.1 Å². The van der Waals surface area contributed by atoms with Crippen molar-refractivity contribution in [2.24, 2.45) is 0 Å². The number of carbonyl (C=O) groups excluding carboxylic acids is 1. The molecule has 2 fully saturated rings. The topological polar surface area (TPSA) is 61.6 Å². The molecule has 19 heavy (non-hydrogen) atoms. The molecule has 2 saturated heterocycles. The predicted molar refractivity (Wildman–Crippen MR) is 76.2 cm³/mol. The molecular formula is C14H20N4O. The third kappa shape index (κ3) is 2.45. The molecule has 2 aliphatic heterocycles. The van der Waals surface area contributed by atoms with Gasteiger partial charge in [-0.2, -0.15) is 0 Å². The van der Waals surface area contributed by atoms with Crippen LogP contribution in [0.1, 0.15) is 12.8 Å². The summed E-state index contributed by atoms with van der Waals surface area (Å²) in [5, 5.41) is 2.88. The van der Waals surface area contributed by atoms with E-state index in [1.807, 2.05) is 17.0 Å². The molecule has 2 heterocycles. The summed E-state index contributed by atoms with van der Waals surface area (Å²) in [5.41, 5.74) is 7.73. The van der Waals surface area contributed by atoms with E-state index in [0.717, 1.165) is 44.7 Å². The van der Waals surface area contributed by atoms with Crippen LogP contribution in [0.25, 0.3) is 0 Å². The lowest BCUT2D eigenvalue weighted by molar-refractivity contribution is 0.186. The van der Waals surface area contributed by atoms with Crippen LogP contribution in [-0.4, -0.2) is 43.2 Å². The average Bonchev–Trinajstić information content (AvgIpc) is 2.86. The van der Waals surface area contributed by atoms with E-state index >= 15 is 0 Å². The molecule has 102 valence electrons. The Balaban J connectivity index is 1.60. The number of amides is 2. The molecule has 1 aromatic carbocycles. The van der Waals surface area contributed by atoms with Crippen molar-refractivity contribution >= 4 is 17.4 Å². The molecule has 3 rings (SSSR count). The van der Waals surface area contributed by atoms with Crippen LogP contribution in [0.15, 0.2) is 24.3 Å². The molecule has 0 aromatic heterocycles. The summed E-state index contributed by atoms with van der Waals surface area (Å²) in [6.07, 6.45) is 2.08. The second-order valence-electron chi connectivity index (χ2n) is 5.24. The zero-order valence-corrected chi connectivity index (χ0v) is 11.0. The summed E-state index contributed by atoms with van der Waals surface area (Å²) in [6, 6.07) is 8.51. The van der Waals surface area contributed by atoms with Crippen LogP contribution in [-0.2, 0) is 0 Å². The first-order valence-corrected chi connectivity index (χ1v) is 6.89. The van der Waals surface area contributed by atoms with Gasteiger partial charge in [-0.25, -0.2) is 4.79 Å². The highest BCUT2D eigenvalue weighted by Crippen LogP contribution is 2.24. The van der Waals surface area contributed by atoms with Gasteiger partial charge in [-0.1, -0.05) is 0 Å². The van der Waals surface area contributed by atoms with Gasteiger partial charge in [0.25, 0.3) is 0 Å². The van der Waals surface area contributed by atoms with E-state index in [2.05, 4.69) is 22.3 Å². The SMILES string of the molecule is Nc1ccc(N2CCC(N3CCNC3=O)CC2)cc1. The molecule has 0 unspecified atom stereocenters. The Hall–Kier alpha value is -1.91. The van der Waals surface area contributed by atoms with Crippen LogP contribution in [0.5, 0.6) is 0 Å². The van der Waals surface area contributed by atoms with Crippen molar-refractivity contribution in [2.45, 2.75) is 18.9 Å². The quantitative estimate of drug-likeness (QED) is 0.787. The molecule has 2 amide bonds. The molecule has 5 nitrogen and oxygen atoms in total. The van der Waals surface area contributed by atoms with Gasteiger partial charge in [0.1, 0.15) is 0 Å². The van der Waals surface area contributed by atoms with Crippen molar-refractivity contribution in [1.29, 1.82) is 0 Å². The largest absolute Gasteiger partial charge is 0.399 e. The number of urea groups is 1. The maximum atomic E-state index is 11.6. The Morgan fingerprint density at radius 1 is 1.11 bits per heavy atom. The summed E-state index contributed by atoms with van der Waals surface area (Å²) in [7, 11) is 0. The number of nitrogens with two attached hydrogens (primary N) is 1. The maximum Gasteiger partial charge on any atom is 0.317 e. The number of piperidine rings is 1. The molecule has 0 radical (unpaired) electrons. The van der Waals surface area contributed by atoms with Gasteiger partial charge in [0.15, 0.2) is 0 Å². The Morgan fingerprint density at radius 2 is 1.79 bits per heavy atom. The number of anilines is 2. The molecule has 0 spiro atoms. The van der Waals surface area contributed by atoms with E-state index < -0.39 is 0 Å². The highest BCUT2D eigenvalue weighted by atomic mass is 16.2. The van der Waals surface area contributed by atoms with Gasteiger partial charge < -0.3 is 20.9 Å². The van der Waals surface area contributed by atoms with Crippen molar-refractivity contribution in [3.8, 4) is 0 Å². The summed E-state index contributed by atoms with van der Waals surface area (Å²) >= 11 is 0. The molecule has 5 heteroatoms. The lowest BCUT2D eigenvalue weighted by atomic mass is 10.0. The Labute approximate surface area is 113 Å². The summed E-state index contributed by atoms with van der Waals surface area (Å²) in [6.45, 7) is 3.64. The first kappa shape index (κ1) is 12.1. The summed E-state index contributed by atoms with van der Waals surface area (Å²) in [4.78, 5) is 16.0. The molecule has 0 bridgehead atoms. The lowest BCUT2D eigenvalue weighted by Gasteiger charge is -2.37. The van der Waals surface area contributed by atoms with E-state index in [9.17, 15) is 4.79 Å². The van der Waals surface area contributed by atoms with E-state index in [0.29, 0.717) is 6.04 Å². The molecule has 0 saturated carbocycles. The minimum Gasteiger partial charge on any atom is -0.399 e. The molecule has 2 aliphatic rings. The van der Waals surface area contributed by atoms with E-state index in [-0.39, 0.29) is 6.03 Å². The second kappa shape index (κ2) is 4.99. The van der Waals surface area contributed by atoms with Crippen LogP contribution >= 0.6 is 0 Å². The molecule has 0 aliphatic carbocycles. The number of hydrogen-bond acceptors (Lipinski definition) is 3. The standard InChI is InChI=1S/C14H20N4O/c15-11-1-3-12(4-2-11)17-8-5-13(6-9-17)18-10-7-16-14(18)19/h1-4,13H,5-10,15H2,(H,16,19). The fourth-order valence-electron chi connectivity index (χ4n) is 2.96. The third-order valence-electron chi connectivity index (χ3n) is 4.05. The normalized spacial score (nSPS) is 20.7. The maximum absolute atomic E-state index is 11.6. The van der Waals surface area contributed by atoms with Crippen molar-refractivity contribution in [3.05, 3.63) is 24.3 Å². The smallest absolute Gasteiger partial charge is 0.317 e. The van der Waals surface area contributed by atoms with Crippen molar-refractivity contribution < 1.29 is 4.79 Å². The van der Waals surface area contributed by atoms with Crippen LogP contribution in [0.2, 0.25) is 0 Å². The molecule has 3 N–H and O–H groups in total. The molecule has 1 aromatic rings. The fourth-order valence-corrected chi connectivity index (χ4v) is 2.96.